The SMILES string of the molecule is C[C@@H](C#Cc1cncc(F)c1)[C@](O)(Cn1cncn1)c1ccc(F)cc1F. The summed E-state index contributed by atoms with van der Waals surface area (Å²) < 4.78 is 42.3. The largest absolute Gasteiger partial charge is 0.382 e. The first kappa shape index (κ1) is 18.6. The van der Waals surface area contributed by atoms with Crippen molar-refractivity contribution in [2.45, 2.75) is 19.1 Å². The number of hydrogen-bond acceptors (Lipinski definition) is 4. The topological polar surface area (TPSA) is 63.8 Å². The fourth-order valence-electron chi connectivity index (χ4n) is 2.65. The van der Waals surface area contributed by atoms with E-state index in [-0.39, 0.29) is 12.1 Å². The maximum absolute atomic E-state index is 14.4. The van der Waals surface area contributed by atoms with Crippen LogP contribution in [0.15, 0.2) is 49.3 Å². The zero-order valence-corrected chi connectivity index (χ0v) is 14.3. The number of hydrogen-bond donors (Lipinski definition) is 1. The van der Waals surface area contributed by atoms with Crippen molar-refractivity contribution in [3.05, 3.63) is 77.9 Å². The molecular formula is C19H15F3N4O. The van der Waals surface area contributed by atoms with Gasteiger partial charge < -0.3 is 5.11 Å². The van der Waals surface area contributed by atoms with Crippen molar-refractivity contribution in [3.63, 3.8) is 0 Å². The number of benzene rings is 1. The van der Waals surface area contributed by atoms with Gasteiger partial charge in [-0.2, -0.15) is 5.10 Å². The van der Waals surface area contributed by atoms with E-state index in [0.29, 0.717) is 11.6 Å². The van der Waals surface area contributed by atoms with Crippen LogP contribution in [0.5, 0.6) is 0 Å². The van der Waals surface area contributed by atoms with Crippen molar-refractivity contribution < 1.29 is 18.3 Å². The van der Waals surface area contributed by atoms with E-state index < -0.39 is 29.0 Å². The second-order valence-corrected chi connectivity index (χ2v) is 6.02. The van der Waals surface area contributed by atoms with Crippen molar-refractivity contribution in [2.75, 3.05) is 0 Å². The van der Waals surface area contributed by atoms with Crippen molar-refractivity contribution in [3.8, 4) is 11.8 Å². The van der Waals surface area contributed by atoms with Crippen LogP contribution in [0.3, 0.4) is 0 Å². The van der Waals surface area contributed by atoms with E-state index in [1.165, 1.54) is 35.7 Å². The molecule has 0 saturated carbocycles. The lowest BCUT2D eigenvalue weighted by molar-refractivity contribution is -0.0191. The van der Waals surface area contributed by atoms with Crippen molar-refractivity contribution in [1.82, 2.24) is 19.7 Å². The molecule has 0 aliphatic heterocycles. The molecule has 2 atom stereocenters. The standard InChI is InChI=1S/C19H15F3N4O/c1-13(2-3-14-6-16(21)9-23-8-14)19(27,10-26-12-24-11-25-26)17-5-4-15(20)7-18(17)22/h4-9,11-13,27H,10H2,1H3/t13-,19+/m0/s1. The summed E-state index contributed by atoms with van der Waals surface area (Å²) in [4.78, 5) is 7.50. The van der Waals surface area contributed by atoms with Gasteiger partial charge in [-0.1, -0.05) is 17.9 Å². The van der Waals surface area contributed by atoms with Gasteiger partial charge in [-0.15, -0.1) is 0 Å². The zero-order valence-electron chi connectivity index (χ0n) is 14.3. The number of halogens is 3. The van der Waals surface area contributed by atoms with Gasteiger partial charge in [0.25, 0.3) is 0 Å². The van der Waals surface area contributed by atoms with Crippen LogP contribution in [-0.4, -0.2) is 24.9 Å². The summed E-state index contributed by atoms with van der Waals surface area (Å²) in [6, 6.07) is 4.12. The molecule has 2 heterocycles. The number of rotatable bonds is 4. The molecule has 2 aromatic heterocycles. The molecule has 0 aliphatic carbocycles. The van der Waals surface area contributed by atoms with E-state index >= 15 is 0 Å². The molecule has 27 heavy (non-hydrogen) atoms. The quantitative estimate of drug-likeness (QED) is 0.716. The fourth-order valence-corrected chi connectivity index (χ4v) is 2.65. The monoisotopic (exact) mass is 372 g/mol. The van der Waals surface area contributed by atoms with Gasteiger partial charge in [0.2, 0.25) is 0 Å². The number of aromatic nitrogens is 4. The van der Waals surface area contributed by atoms with Crippen LogP contribution in [0.4, 0.5) is 13.2 Å². The minimum Gasteiger partial charge on any atom is -0.382 e. The van der Waals surface area contributed by atoms with Crippen molar-refractivity contribution in [1.29, 1.82) is 0 Å². The predicted molar refractivity (Wildman–Crippen MR) is 90.5 cm³/mol. The first-order chi connectivity index (χ1) is 12.9. The minimum atomic E-state index is -1.83. The van der Waals surface area contributed by atoms with E-state index in [0.717, 1.165) is 12.3 Å². The maximum Gasteiger partial charge on any atom is 0.142 e. The molecule has 0 spiro atoms. The summed E-state index contributed by atoms with van der Waals surface area (Å²) in [5, 5.41) is 15.2. The van der Waals surface area contributed by atoms with Gasteiger partial charge in [-0.05, 0) is 19.1 Å². The highest BCUT2D eigenvalue weighted by Gasteiger charge is 2.38. The van der Waals surface area contributed by atoms with Gasteiger partial charge in [0.05, 0.1) is 18.7 Å². The van der Waals surface area contributed by atoms with Gasteiger partial charge >= 0.3 is 0 Å². The van der Waals surface area contributed by atoms with E-state index in [2.05, 4.69) is 26.9 Å². The molecule has 3 rings (SSSR count). The van der Waals surface area contributed by atoms with Gasteiger partial charge in [-0.3, -0.25) is 4.98 Å². The summed E-state index contributed by atoms with van der Waals surface area (Å²) in [6.07, 6.45) is 5.06. The first-order valence-electron chi connectivity index (χ1n) is 8.01. The van der Waals surface area contributed by atoms with Crippen LogP contribution in [0, 0.1) is 35.2 Å². The third-order valence-electron chi connectivity index (χ3n) is 4.12. The fraction of sp³-hybridized carbons (Fsp3) is 0.211. The first-order valence-corrected chi connectivity index (χ1v) is 8.01. The summed E-state index contributed by atoms with van der Waals surface area (Å²) >= 11 is 0. The Morgan fingerprint density at radius 1 is 1.15 bits per heavy atom. The van der Waals surface area contributed by atoms with Gasteiger partial charge in [0, 0.05) is 23.4 Å². The van der Waals surface area contributed by atoms with Crippen LogP contribution in [0.1, 0.15) is 18.1 Å². The van der Waals surface area contributed by atoms with E-state index in [4.69, 9.17) is 0 Å². The Bertz CT molecular complexity index is 998. The molecule has 0 fully saturated rings. The lowest BCUT2D eigenvalue weighted by Gasteiger charge is -2.32. The molecule has 0 aliphatic rings. The van der Waals surface area contributed by atoms with Crippen molar-refractivity contribution in [2.24, 2.45) is 5.92 Å². The molecule has 5 nitrogen and oxygen atoms in total. The number of pyridine rings is 1. The molecule has 1 aromatic carbocycles. The average molecular weight is 372 g/mol. The smallest absolute Gasteiger partial charge is 0.142 e. The highest BCUT2D eigenvalue weighted by Crippen LogP contribution is 2.33. The summed E-state index contributed by atoms with van der Waals surface area (Å²) in [7, 11) is 0. The Morgan fingerprint density at radius 3 is 2.63 bits per heavy atom. The van der Waals surface area contributed by atoms with Gasteiger partial charge in [-0.25, -0.2) is 22.8 Å². The Hall–Kier alpha value is -3.18. The summed E-state index contributed by atoms with van der Waals surface area (Å²) in [5.74, 6) is 2.48. The molecular weight excluding hydrogens is 357 g/mol. The van der Waals surface area contributed by atoms with Crippen LogP contribution < -0.4 is 0 Å². The lowest BCUT2D eigenvalue weighted by atomic mass is 9.82. The van der Waals surface area contributed by atoms with Gasteiger partial charge in [0.15, 0.2) is 0 Å². The Morgan fingerprint density at radius 2 is 1.96 bits per heavy atom. The van der Waals surface area contributed by atoms with Crippen LogP contribution >= 0.6 is 0 Å². The molecule has 1 N–H and O–H groups in total. The number of aliphatic hydroxyl groups is 1. The van der Waals surface area contributed by atoms with E-state index in [9.17, 15) is 18.3 Å². The van der Waals surface area contributed by atoms with Crippen LogP contribution in [0.2, 0.25) is 0 Å². The Labute approximate surface area is 153 Å². The molecule has 0 unspecified atom stereocenters. The van der Waals surface area contributed by atoms with Crippen LogP contribution in [0.25, 0.3) is 0 Å². The Kier molecular flexibility index (Phi) is 5.23. The summed E-state index contributed by atoms with van der Waals surface area (Å²) in [6.45, 7) is 1.42. The summed E-state index contributed by atoms with van der Waals surface area (Å²) in [5.41, 5.74) is -1.65. The minimum absolute atomic E-state index is 0.126. The second kappa shape index (κ2) is 7.60. The maximum atomic E-state index is 14.4. The normalized spacial score (nSPS) is 14.1. The lowest BCUT2D eigenvalue weighted by Crippen LogP contribution is -2.39. The molecule has 0 amide bonds. The van der Waals surface area contributed by atoms with Crippen molar-refractivity contribution >= 4 is 0 Å². The zero-order chi connectivity index (χ0) is 19.4. The third-order valence-corrected chi connectivity index (χ3v) is 4.12. The molecule has 0 radical (unpaired) electrons. The second-order valence-electron chi connectivity index (χ2n) is 6.02. The predicted octanol–water partition coefficient (Wildman–Crippen LogP) is 2.67. The highest BCUT2D eigenvalue weighted by atomic mass is 19.1. The third kappa shape index (κ3) is 4.15. The molecule has 0 bridgehead atoms. The molecule has 0 saturated heterocycles. The van der Waals surface area contributed by atoms with E-state index in [1.54, 1.807) is 6.92 Å². The highest BCUT2D eigenvalue weighted by molar-refractivity contribution is 5.35. The molecule has 138 valence electrons. The molecule has 8 heteroatoms. The van der Waals surface area contributed by atoms with Gasteiger partial charge in [0.1, 0.15) is 35.7 Å². The van der Waals surface area contributed by atoms with Crippen LogP contribution in [-0.2, 0) is 12.1 Å². The Balaban J connectivity index is 2.01. The number of nitrogens with zero attached hydrogens (tertiary/aromatic N) is 4. The van der Waals surface area contributed by atoms with E-state index in [1.807, 2.05) is 0 Å². The molecule has 3 aromatic rings. The average Bonchev–Trinajstić information content (AvgIpc) is 3.12.